The molecular weight excluding hydrogens is 284 g/mol. The number of rotatable bonds is 8. The molecule has 0 atom stereocenters. The van der Waals surface area contributed by atoms with E-state index in [0.29, 0.717) is 24.6 Å². The lowest BCUT2D eigenvalue weighted by Gasteiger charge is -2.07. The van der Waals surface area contributed by atoms with E-state index in [4.69, 9.17) is 21.4 Å². The van der Waals surface area contributed by atoms with Crippen LogP contribution in [0.2, 0.25) is 0 Å². The van der Waals surface area contributed by atoms with Crippen LogP contribution in [0, 0.1) is 0 Å². The summed E-state index contributed by atoms with van der Waals surface area (Å²) in [6, 6.07) is 7.03. The number of alkyl halides is 1. The summed E-state index contributed by atoms with van der Waals surface area (Å²) >= 11 is 5.66. The monoisotopic (exact) mass is 300 g/mol. The standard InChI is InChI=1S/C13H17ClN2O4/c14-9-10-1-3-11(4-2-10)12(17)15-5-7-20-8-6-16-13(18)19/h1-4,16H,5-9H2,(H,15,17)(H,18,19). The SMILES string of the molecule is O=C(O)NCCOCCNC(=O)c1ccc(CCl)cc1. The zero-order valence-corrected chi connectivity index (χ0v) is 11.7. The predicted octanol–water partition coefficient (Wildman–Crippen LogP) is 1.44. The van der Waals surface area contributed by atoms with Gasteiger partial charge in [0.15, 0.2) is 0 Å². The van der Waals surface area contributed by atoms with Gasteiger partial charge in [-0.2, -0.15) is 0 Å². The summed E-state index contributed by atoms with van der Waals surface area (Å²) < 4.78 is 5.15. The van der Waals surface area contributed by atoms with Crippen LogP contribution in [0.4, 0.5) is 4.79 Å². The molecule has 0 aliphatic heterocycles. The Balaban J connectivity index is 2.14. The molecule has 2 amide bonds. The Morgan fingerprint density at radius 3 is 2.25 bits per heavy atom. The maximum Gasteiger partial charge on any atom is 0.404 e. The molecule has 0 heterocycles. The largest absolute Gasteiger partial charge is 0.465 e. The highest BCUT2D eigenvalue weighted by molar-refractivity contribution is 6.17. The van der Waals surface area contributed by atoms with Gasteiger partial charge in [-0.15, -0.1) is 11.6 Å². The van der Waals surface area contributed by atoms with Gasteiger partial charge in [0.2, 0.25) is 0 Å². The van der Waals surface area contributed by atoms with Crippen LogP contribution in [0.1, 0.15) is 15.9 Å². The van der Waals surface area contributed by atoms with E-state index < -0.39 is 6.09 Å². The maximum absolute atomic E-state index is 11.7. The molecule has 6 nitrogen and oxygen atoms in total. The van der Waals surface area contributed by atoms with E-state index in [1.807, 2.05) is 0 Å². The second kappa shape index (κ2) is 9.17. The Morgan fingerprint density at radius 1 is 1.10 bits per heavy atom. The molecule has 0 fully saturated rings. The first-order valence-corrected chi connectivity index (χ1v) is 6.64. The van der Waals surface area contributed by atoms with Gasteiger partial charge in [-0.25, -0.2) is 4.79 Å². The third-order valence-corrected chi connectivity index (χ3v) is 2.73. The molecule has 0 saturated heterocycles. The molecule has 3 N–H and O–H groups in total. The van der Waals surface area contributed by atoms with Crippen LogP contribution in [0.15, 0.2) is 24.3 Å². The van der Waals surface area contributed by atoms with Crippen molar-refractivity contribution >= 4 is 23.6 Å². The van der Waals surface area contributed by atoms with Crippen molar-refractivity contribution in [2.24, 2.45) is 0 Å². The Labute approximate surface area is 122 Å². The number of benzene rings is 1. The number of amides is 2. The highest BCUT2D eigenvalue weighted by Gasteiger charge is 2.04. The molecular formula is C13H17ClN2O4. The number of carbonyl (C=O) groups excluding carboxylic acids is 1. The van der Waals surface area contributed by atoms with Crippen LogP contribution in [0.5, 0.6) is 0 Å². The van der Waals surface area contributed by atoms with Crippen LogP contribution in [0.25, 0.3) is 0 Å². The van der Waals surface area contributed by atoms with Gasteiger partial charge in [0, 0.05) is 24.5 Å². The van der Waals surface area contributed by atoms with Gasteiger partial charge in [-0.3, -0.25) is 4.79 Å². The number of carboxylic acid groups (broad SMARTS) is 1. The molecule has 0 spiro atoms. The number of hydrogen-bond donors (Lipinski definition) is 3. The Kier molecular flexibility index (Phi) is 7.46. The summed E-state index contributed by atoms with van der Waals surface area (Å²) in [5.41, 5.74) is 1.52. The van der Waals surface area contributed by atoms with Crippen molar-refractivity contribution < 1.29 is 19.4 Å². The fraction of sp³-hybridized carbons (Fsp3) is 0.385. The molecule has 0 bridgehead atoms. The Bertz CT molecular complexity index is 437. The summed E-state index contributed by atoms with van der Waals surface area (Å²) in [7, 11) is 0. The normalized spacial score (nSPS) is 10.1. The molecule has 0 saturated carbocycles. The lowest BCUT2D eigenvalue weighted by atomic mass is 10.1. The van der Waals surface area contributed by atoms with Crippen LogP contribution in [0.3, 0.4) is 0 Å². The van der Waals surface area contributed by atoms with E-state index in [-0.39, 0.29) is 19.1 Å². The van der Waals surface area contributed by atoms with Crippen LogP contribution in [-0.2, 0) is 10.6 Å². The summed E-state index contributed by atoms with van der Waals surface area (Å²) in [5, 5.41) is 13.2. The van der Waals surface area contributed by atoms with Crippen LogP contribution < -0.4 is 10.6 Å². The minimum Gasteiger partial charge on any atom is -0.465 e. The number of carbonyl (C=O) groups is 2. The predicted molar refractivity (Wildman–Crippen MR) is 75.2 cm³/mol. The second-order valence-corrected chi connectivity index (χ2v) is 4.20. The topological polar surface area (TPSA) is 87.7 Å². The molecule has 1 aromatic carbocycles. The van der Waals surface area contributed by atoms with Crippen LogP contribution >= 0.6 is 11.6 Å². The highest BCUT2D eigenvalue weighted by Crippen LogP contribution is 2.06. The van der Waals surface area contributed by atoms with Gasteiger partial charge in [0.05, 0.1) is 13.2 Å². The molecule has 0 aliphatic rings. The van der Waals surface area contributed by atoms with E-state index >= 15 is 0 Å². The average molecular weight is 301 g/mol. The molecule has 0 aliphatic carbocycles. The smallest absolute Gasteiger partial charge is 0.404 e. The molecule has 1 rings (SSSR count). The summed E-state index contributed by atoms with van der Waals surface area (Å²) in [6.07, 6.45) is -1.08. The molecule has 1 aromatic rings. The van der Waals surface area contributed by atoms with Crippen molar-refractivity contribution in [1.29, 1.82) is 0 Å². The third kappa shape index (κ3) is 6.40. The van der Waals surface area contributed by atoms with E-state index in [9.17, 15) is 9.59 Å². The van der Waals surface area contributed by atoms with Crippen molar-refractivity contribution in [3.05, 3.63) is 35.4 Å². The number of hydrogen-bond acceptors (Lipinski definition) is 3. The molecule has 0 radical (unpaired) electrons. The zero-order chi connectivity index (χ0) is 14.8. The number of ether oxygens (including phenoxy) is 1. The molecule has 110 valence electrons. The lowest BCUT2D eigenvalue weighted by Crippen LogP contribution is -2.29. The van der Waals surface area contributed by atoms with Gasteiger partial charge in [-0.05, 0) is 17.7 Å². The third-order valence-electron chi connectivity index (χ3n) is 2.43. The van der Waals surface area contributed by atoms with Gasteiger partial charge in [0.25, 0.3) is 5.91 Å². The molecule has 20 heavy (non-hydrogen) atoms. The van der Waals surface area contributed by atoms with E-state index in [1.165, 1.54) is 0 Å². The van der Waals surface area contributed by atoms with Gasteiger partial charge in [-0.1, -0.05) is 12.1 Å². The minimum absolute atomic E-state index is 0.182. The highest BCUT2D eigenvalue weighted by atomic mass is 35.5. The average Bonchev–Trinajstić information content (AvgIpc) is 2.45. The van der Waals surface area contributed by atoms with Gasteiger partial charge in [0.1, 0.15) is 0 Å². The maximum atomic E-state index is 11.7. The van der Waals surface area contributed by atoms with Crippen molar-refractivity contribution in [3.8, 4) is 0 Å². The van der Waals surface area contributed by atoms with Gasteiger partial charge < -0.3 is 20.5 Å². The number of halogens is 1. The van der Waals surface area contributed by atoms with Gasteiger partial charge >= 0.3 is 6.09 Å². The summed E-state index contributed by atoms with van der Waals surface area (Å²) in [5.74, 6) is 0.235. The van der Waals surface area contributed by atoms with Crippen molar-refractivity contribution in [2.45, 2.75) is 5.88 Å². The summed E-state index contributed by atoms with van der Waals surface area (Å²) in [4.78, 5) is 21.9. The first-order chi connectivity index (χ1) is 9.63. The van der Waals surface area contributed by atoms with E-state index in [1.54, 1.807) is 24.3 Å². The fourth-order valence-electron chi connectivity index (χ4n) is 1.42. The second-order valence-electron chi connectivity index (χ2n) is 3.93. The molecule has 7 heteroatoms. The Morgan fingerprint density at radius 2 is 1.70 bits per heavy atom. The minimum atomic E-state index is -1.08. The zero-order valence-electron chi connectivity index (χ0n) is 10.9. The molecule has 0 unspecified atom stereocenters. The van der Waals surface area contributed by atoms with E-state index in [0.717, 1.165) is 5.56 Å². The van der Waals surface area contributed by atoms with Crippen molar-refractivity contribution in [1.82, 2.24) is 10.6 Å². The summed E-state index contributed by atoms with van der Waals surface area (Å²) in [6.45, 7) is 1.19. The molecule has 0 aromatic heterocycles. The fourth-order valence-corrected chi connectivity index (χ4v) is 1.59. The quantitative estimate of drug-likeness (QED) is 0.501. The lowest BCUT2D eigenvalue weighted by molar-refractivity contribution is 0.0917. The first kappa shape index (κ1) is 16.3. The number of nitrogens with one attached hydrogen (secondary N) is 2. The van der Waals surface area contributed by atoms with Crippen LogP contribution in [-0.4, -0.2) is 43.4 Å². The Hall–Kier alpha value is -1.79. The van der Waals surface area contributed by atoms with Crippen molar-refractivity contribution in [3.63, 3.8) is 0 Å². The first-order valence-electron chi connectivity index (χ1n) is 6.11. The van der Waals surface area contributed by atoms with Crippen molar-refractivity contribution in [2.75, 3.05) is 26.3 Å². The van der Waals surface area contributed by atoms with E-state index in [2.05, 4.69) is 10.6 Å².